The first-order chi connectivity index (χ1) is 8.60. The molecule has 0 bridgehead atoms. The zero-order chi connectivity index (χ0) is 13.1. The summed E-state index contributed by atoms with van der Waals surface area (Å²) in [5, 5.41) is 20.8. The van der Waals surface area contributed by atoms with Gasteiger partial charge in [-0.1, -0.05) is 12.1 Å². The van der Waals surface area contributed by atoms with Crippen LogP contribution in [0.4, 0.5) is 4.39 Å². The molecular formula is C13H16FNO3. The maximum Gasteiger partial charge on any atom is 0.246 e. The van der Waals surface area contributed by atoms with E-state index in [0.717, 1.165) is 5.56 Å². The van der Waals surface area contributed by atoms with E-state index in [1.165, 1.54) is 12.1 Å². The van der Waals surface area contributed by atoms with Crippen molar-refractivity contribution in [3.8, 4) is 0 Å². The Kier molecular flexibility index (Phi) is 3.93. The molecule has 1 saturated carbocycles. The molecule has 1 aliphatic rings. The Morgan fingerprint density at radius 3 is 2.50 bits per heavy atom. The van der Waals surface area contributed by atoms with Crippen molar-refractivity contribution in [1.82, 2.24) is 5.32 Å². The number of carbonyl (C=O) groups is 1. The van der Waals surface area contributed by atoms with Gasteiger partial charge in [0.2, 0.25) is 5.91 Å². The number of rotatable bonds is 4. The van der Waals surface area contributed by atoms with Crippen molar-refractivity contribution < 1.29 is 19.4 Å². The molecule has 1 aliphatic carbocycles. The first-order valence-corrected chi connectivity index (χ1v) is 5.94. The van der Waals surface area contributed by atoms with Crippen LogP contribution in [0, 0.1) is 11.7 Å². The first-order valence-electron chi connectivity index (χ1n) is 5.94. The van der Waals surface area contributed by atoms with Crippen molar-refractivity contribution in [3.05, 3.63) is 35.6 Å². The number of aliphatic hydroxyl groups excluding tert-OH is 2. The minimum atomic E-state index is -0.576. The summed E-state index contributed by atoms with van der Waals surface area (Å²) < 4.78 is 12.9. The maximum absolute atomic E-state index is 12.9. The molecule has 2 rings (SSSR count). The lowest BCUT2D eigenvalue weighted by Gasteiger charge is -2.38. The molecule has 0 aliphatic heterocycles. The largest absolute Gasteiger partial charge is 0.393 e. The molecule has 0 spiro atoms. The van der Waals surface area contributed by atoms with E-state index in [0.29, 0.717) is 12.8 Å². The number of nitrogens with one attached hydrogen (secondary N) is 1. The Morgan fingerprint density at radius 1 is 1.39 bits per heavy atom. The second-order valence-corrected chi connectivity index (χ2v) is 4.64. The van der Waals surface area contributed by atoms with Crippen LogP contribution in [0.5, 0.6) is 0 Å². The van der Waals surface area contributed by atoms with E-state index in [1.54, 1.807) is 12.1 Å². The predicted molar refractivity (Wildman–Crippen MR) is 63.1 cm³/mol. The van der Waals surface area contributed by atoms with Crippen LogP contribution < -0.4 is 5.32 Å². The Labute approximate surface area is 104 Å². The van der Waals surface area contributed by atoms with Crippen molar-refractivity contribution in [1.29, 1.82) is 0 Å². The van der Waals surface area contributed by atoms with Crippen LogP contribution in [-0.4, -0.2) is 28.8 Å². The number of amides is 1. The summed E-state index contributed by atoms with van der Waals surface area (Å²) in [6.07, 6.45) is 0.880. The van der Waals surface area contributed by atoms with E-state index in [-0.39, 0.29) is 23.9 Å². The van der Waals surface area contributed by atoms with E-state index >= 15 is 0 Å². The summed E-state index contributed by atoms with van der Waals surface area (Å²) in [5.74, 6) is -0.675. The van der Waals surface area contributed by atoms with Gasteiger partial charge in [0.15, 0.2) is 0 Å². The highest BCUT2D eigenvalue weighted by atomic mass is 19.1. The van der Waals surface area contributed by atoms with Gasteiger partial charge in [-0.05, 0) is 36.5 Å². The lowest BCUT2D eigenvalue weighted by atomic mass is 9.75. The molecule has 1 aromatic rings. The summed E-state index contributed by atoms with van der Waals surface area (Å²) >= 11 is 0. The quantitative estimate of drug-likeness (QED) is 0.741. The molecule has 1 amide bonds. The van der Waals surface area contributed by atoms with Gasteiger partial charge in [0.1, 0.15) is 12.4 Å². The van der Waals surface area contributed by atoms with Gasteiger partial charge in [0.25, 0.3) is 0 Å². The van der Waals surface area contributed by atoms with Crippen molar-refractivity contribution in [2.45, 2.75) is 25.0 Å². The van der Waals surface area contributed by atoms with Crippen LogP contribution >= 0.6 is 0 Å². The molecular weight excluding hydrogens is 237 g/mol. The van der Waals surface area contributed by atoms with Crippen molar-refractivity contribution in [2.24, 2.45) is 5.92 Å². The molecule has 1 unspecified atom stereocenters. The molecule has 98 valence electrons. The summed E-state index contributed by atoms with van der Waals surface area (Å²) in [6, 6.07) is 5.61. The maximum atomic E-state index is 12.9. The smallest absolute Gasteiger partial charge is 0.246 e. The molecule has 5 heteroatoms. The fraction of sp³-hybridized carbons (Fsp3) is 0.462. The molecule has 0 heterocycles. The van der Waals surface area contributed by atoms with Gasteiger partial charge in [-0.3, -0.25) is 4.79 Å². The zero-order valence-electron chi connectivity index (χ0n) is 9.84. The second-order valence-electron chi connectivity index (χ2n) is 4.64. The molecule has 4 nitrogen and oxygen atoms in total. The Hall–Kier alpha value is -1.46. The van der Waals surface area contributed by atoms with E-state index in [9.17, 15) is 14.3 Å². The Morgan fingerprint density at radius 2 is 2.00 bits per heavy atom. The van der Waals surface area contributed by atoms with Crippen molar-refractivity contribution in [3.63, 3.8) is 0 Å². The molecule has 1 atom stereocenters. The molecule has 18 heavy (non-hydrogen) atoms. The molecule has 0 saturated heterocycles. The summed E-state index contributed by atoms with van der Waals surface area (Å²) in [6.45, 7) is -0.576. The monoisotopic (exact) mass is 253 g/mol. The molecule has 0 radical (unpaired) electrons. The van der Waals surface area contributed by atoms with Gasteiger partial charge in [0.05, 0.1) is 12.1 Å². The fourth-order valence-corrected chi connectivity index (χ4v) is 2.26. The SMILES string of the molecule is O=C(CO)NC(c1ccc(F)cc1)C1CC(O)C1. The molecule has 1 aromatic carbocycles. The molecule has 1 fully saturated rings. The number of hydrogen-bond acceptors (Lipinski definition) is 3. The van der Waals surface area contributed by atoms with Gasteiger partial charge in [-0.25, -0.2) is 4.39 Å². The summed E-state index contributed by atoms with van der Waals surface area (Å²) in [4.78, 5) is 11.3. The Bertz CT molecular complexity index is 415. The minimum Gasteiger partial charge on any atom is -0.393 e. The van der Waals surface area contributed by atoms with E-state index < -0.39 is 12.5 Å². The van der Waals surface area contributed by atoms with Gasteiger partial charge >= 0.3 is 0 Å². The van der Waals surface area contributed by atoms with Crippen LogP contribution in [0.2, 0.25) is 0 Å². The minimum absolute atomic E-state index is 0.126. The van der Waals surface area contributed by atoms with Gasteiger partial charge in [-0.2, -0.15) is 0 Å². The van der Waals surface area contributed by atoms with Gasteiger partial charge in [0, 0.05) is 0 Å². The van der Waals surface area contributed by atoms with Crippen molar-refractivity contribution >= 4 is 5.91 Å². The average molecular weight is 253 g/mol. The van der Waals surface area contributed by atoms with E-state index in [1.807, 2.05) is 0 Å². The van der Waals surface area contributed by atoms with Crippen LogP contribution in [0.1, 0.15) is 24.4 Å². The van der Waals surface area contributed by atoms with Crippen molar-refractivity contribution in [2.75, 3.05) is 6.61 Å². The zero-order valence-corrected chi connectivity index (χ0v) is 9.84. The predicted octanol–water partition coefficient (Wildman–Crippen LogP) is 0.746. The molecule has 0 aromatic heterocycles. The second kappa shape index (κ2) is 5.46. The average Bonchev–Trinajstić information content (AvgIpc) is 2.33. The van der Waals surface area contributed by atoms with Gasteiger partial charge < -0.3 is 15.5 Å². The third-order valence-corrected chi connectivity index (χ3v) is 3.31. The highest BCUT2D eigenvalue weighted by Gasteiger charge is 2.35. The van der Waals surface area contributed by atoms with Crippen LogP contribution in [-0.2, 0) is 4.79 Å². The summed E-state index contributed by atoms with van der Waals surface area (Å²) in [7, 11) is 0. The van der Waals surface area contributed by atoms with E-state index in [2.05, 4.69) is 5.32 Å². The van der Waals surface area contributed by atoms with Crippen LogP contribution in [0.15, 0.2) is 24.3 Å². The summed E-state index contributed by atoms with van der Waals surface area (Å²) in [5.41, 5.74) is 0.787. The highest BCUT2D eigenvalue weighted by molar-refractivity contribution is 5.77. The fourth-order valence-electron chi connectivity index (χ4n) is 2.26. The third-order valence-electron chi connectivity index (χ3n) is 3.31. The number of halogens is 1. The number of hydrogen-bond donors (Lipinski definition) is 3. The number of carbonyl (C=O) groups excluding carboxylic acids is 1. The molecule has 3 N–H and O–H groups in total. The number of benzene rings is 1. The lowest BCUT2D eigenvalue weighted by Crippen LogP contribution is -2.42. The van der Waals surface area contributed by atoms with E-state index in [4.69, 9.17) is 5.11 Å². The van der Waals surface area contributed by atoms with Gasteiger partial charge in [-0.15, -0.1) is 0 Å². The third kappa shape index (κ3) is 2.86. The first kappa shape index (κ1) is 13.0. The normalized spacial score (nSPS) is 24.2. The number of aliphatic hydroxyl groups is 2. The standard InChI is InChI=1S/C13H16FNO3/c14-10-3-1-8(2-4-10)13(15-12(18)7-16)9-5-11(17)6-9/h1-4,9,11,13,16-17H,5-7H2,(H,15,18). The topological polar surface area (TPSA) is 69.6 Å². The van der Waals surface area contributed by atoms with Crippen LogP contribution in [0.3, 0.4) is 0 Å². The lowest BCUT2D eigenvalue weighted by molar-refractivity contribution is -0.125. The Balaban J connectivity index is 2.13. The highest BCUT2D eigenvalue weighted by Crippen LogP contribution is 2.38. The van der Waals surface area contributed by atoms with Crippen LogP contribution in [0.25, 0.3) is 0 Å².